The molecule has 1 aliphatic heterocycles. The van der Waals surface area contributed by atoms with Gasteiger partial charge < -0.3 is 9.31 Å². The molecule has 0 atom stereocenters. The summed E-state index contributed by atoms with van der Waals surface area (Å²) in [6.07, 6.45) is 1.78. The quantitative estimate of drug-likeness (QED) is 0.631. The number of benzene rings is 1. The lowest BCUT2D eigenvalue weighted by atomic mass is 9.79. The van der Waals surface area contributed by atoms with Crippen LogP contribution in [0.3, 0.4) is 0 Å². The number of pyridine rings is 1. The van der Waals surface area contributed by atoms with Crippen molar-refractivity contribution in [2.24, 2.45) is 0 Å². The highest BCUT2D eigenvalue weighted by molar-refractivity contribution is 6.62. The Morgan fingerprint density at radius 3 is 2.32 bits per heavy atom. The Bertz CT molecular complexity index is 739. The lowest BCUT2D eigenvalue weighted by molar-refractivity contribution is 0.00578. The minimum absolute atomic E-state index is 0.0444. The Morgan fingerprint density at radius 1 is 1.09 bits per heavy atom. The van der Waals surface area contributed by atoms with Gasteiger partial charge in [0.1, 0.15) is 0 Å². The molecule has 1 aromatic carbocycles. The van der Waals surface area contributed by atoms with Crippen LogP contribution in [0.25, 0.3) is 10.9 Å². The van der Waals surface area contributed by atoms with Gasteiger partial charge in [-0.2, -0.15) is 0 Å². The molecule has 1 fully saturated rings. The molecule has 0 unspecified atom stereocenters. The topological polar surface area (TPSA) is 48.4 Å². The van der Waals surface area contributed by atoms with Crippen LogP contribution in [0, 0.1) is 0 Å². The Kier molecular flexibility index (Phi) is 3.38. The average Bonchev–Trinajstić information content (AvgIpc) is 2.66. The largest absolute Gasteiger partial charge is 0.496 e. The fraction of sp³-hybridized carbons (Fsp3) is 0.412. The molecule has 0 amide bonds. The van der Waals surface area contributed by atoms with E-state index in [0.717, 1.165) is 16.4 Å². The molecule has 0 spiro atoms. The Morgan fingerprint density at radius 2 is 1.73 bits per heavy atom. The third-order valence-electron chi connectivity index (χ3n) is 4.63. The molecule has 5 heteroatoms. The normalized spacial score (nSPS) is 19.6. The van der Waals surface area contributed by atoms with Crippen LogP contribution in [-0.4, -0.2) is 29.1 Å². The third kappa shape index (κ3) is 2.44. The summed E-state index contributed by atoms with van der Waals surface area (Å²) in [4.78, 5) is 16.0. The molecule has 22 heavy (non-hydrogen) atoms. The van der Waals surface area contributed by atoms with Crippen LogP contribution < -0.4 is 5.46 Å². The van der Waals surface area contributed by atoms with Gasteiger partial charge >= 0.3 is 7.12 Å². The number of carbonyl (C=O) groups is 1. The number of carbonyl (C=O) groups excluding carboxylic acids is 1. The van der Waals surface area contributed by atoms with Crippen molar-refractivity contribution in [3.8, 4) is 0 Å². The first-order valence-electron chi connectivity index (χ1n) is 7.46. The van der Waals surface area contributed by atoms with E-state index in [2.05, 4.69) is 4.98 Å². The second-order valence-corrected chi connectivity index (χ2v) is 6.82. The molecule has 2 aromatic rings. The van der Waals surface area contributed by atoms with Crippen molar-refractivity contribution in [3.63, 3.8) is 0 Å². The van der Waals surface area contributed by atoms with Gasteiger partial charge in [-0.25, -0.2) is 0 Å². The summed E-state index contributed by atoms with van der Waals surface area (Å²) in [5.41, 5.74) is 1.64. The van der Waals surface area contributed by atoms with Gasteiger partial charge in [0.05, 0.1) is 16.7 Å². The molecule has 0 saturated carbocycles. The maximum Gasteiger partial charge on any atom is 0.496 e. The number of Topliss-reactive ketones (excluding diaryl/α,β-unsaturated/α-hetero) is 1. The summed E-state index contributed by atoms with van der Waals surface area (Å²) in [7, 11) is -0.442. The van der Waals surface area contributed by atoms with Crippen LogP contribution in [0.5, 0.6) is 0 Å². The van der Waals surface area contributed by atoms with Crippen molar-refractivity contribution in [1.29, 1.82) is 0 Å². The second-order valence-electron chi connectivity index (χ2n) is 6.82. The van der Waals surface area contributed by atoms with Crippen LogP contribution in [0.1, 0.15) is 45.0 Å². The highest BCUT2D eigenvalue weighted by atomic mass is 16.7. The van der Waals surface area contributed by atoms with E-state index in [4.69, 9.17) is 9.31 Å². The van der Waals surface area contributed by atoms with Gasteiger partial charge in [0, 0.05) is 22.6 Å². The van der Waals surface area contributed by atoms with Gasteiger partial charge in [0.15, 0.2) is 5.78 Å². The predicted octanol–water partition coefficient (Wildman–Crippen LogP) is 2.74. The van der Waals surface area contributed by atoms with Gasteiger partial charge in [0.2, 0.25) is 0 Å². The van der Waals surface area contributed by atoms with Gasteiger partial charge in [-0.1, -0.05) is 6.07 Å². The standard InChI is InChI=1S/C17H20BNO3/c1-11(20)12-6-7-15-13(8-12)9-14(10-19-15)18-21-16(2,3)17(4,5)22-18/h6-10H,1-5H3. The fourth-order valence-electron chi connectivity index (χ4n) is 2.48. The Balaban J connectivity index is 2.00. The molecule has 2 heterocycles. The summed E-state index contributed by atoms with van der Waals surface area (Å²) in [6.45, 7) is 9.65. The number of fused-ring (bicyclic) bond motifs is 1. The number of hydrogen-bond acceptors (Lipinski definition) is 4. The SMILES string of the molecule is CC(=O)c1ccc2ncc(B3OC(C)(C)C(C)(C)O3)cc2c1. The van der Waals surface area contributed by atoms with Crippen LogP contribution in [0.4, 0.5) is 0 Å². The summed E-state index contributed by atoms with van der Waals surface area (Å²) in [5.74, 6) is 0.0444. The Labute approximate surface area is 131 Å². The molecule has 1 aromatic heterocycles. The van der Waals surface area contributed by atoms with Crippen molar-refractivity contribution in [2.45, 2.75) is 45.8 Å². The lowest BCUT2D eigenvalue weighted by Crippen LogP contribution is -2.41. The average molecular weight is 297 g/mol. The van der Waals surface area contributed by atoms with E-state index < -0.39 is 7.12 Å². The molecule has 0 radical (unpaired) electrons. The van der Waals surface area contributed by atoms with Gasteiger partial charge in [-0.3, -0.25) is 9.78 Å². The van der Waals surface area contributed by atoms with Crippen LogP contribution >= 0.6 is 0 Å². The molecule has 0 aliphatic carbocycles. The summed E-state index contributed by atoms with van der Waals surface area (Å²) < 4.78 is 12.1. The number of hydrogen-bond donors (Lipinski definition) is 0. The zero-order valence-electron chi connectivity index (χ0n) is 13.6. The number of rotatable bonds is 2. The van der Waals surface area contributed by atoms with Crippen LogP contribution in [0.15, 0.2) is 30.5 Å². The van der Waals surface area contributed by atoms with E-state index in [9.17, 15) is 4.79 Å². The minimum Gasteiger partial charge on any atom is -0.399 e. The molecule has 0 N–H and O–H groups in total. The van der Waals surface area contributed by atoms with E-state index in [1.165, 1.54) is 0 Å². The molecular weight excluding hydrogens is 277 g/mol. The molecule has 0 bridgehead atoms. The number of ketones is 1. The molecule has 114 valence electrons. The summed E-state index contributed by atoms with van der Waals surface area (Å²) in [6, 6.07) is 7.50. The maximum atomic E-state index is 11.5. The van der Waals surface area contributed by atoms with Crippen molar-refractivity contribution in [2.75, 3.05) is 0 Å². The monoisotopic (exact) mass is 297 g/mol. The first-order valence-corrected chi connectivity index (χ1v) is 7.46. The first-order chi connectivity index (χ1) is 10.2. The molecule has 1 aliphatic rings. The lowest BCUT2D eigenvalue weighted by Gasteiger charge is -2.32. The zero-order chi connectivity index (χ0) is 16.1. The number of aromatic nitrogens is 1. The zero-order valence-corrected chi connectivity index (χ0v) is 13.6. The number of nitrogens with zero attached hydrogens (tertiary/aromatic N) is 1. The van der Waals surface area contributed by atoms with Gasteiger partial charge in [0.25, 0.3) is 0 Å². The van der Waals surface area contributed by atoms with E-state index >= 15 is 0 Å². The van der Waals surface area contributed by atoms with E-state index in [0.29, 0.717) is 5.56 Å². The van der Waals surface area contributed by atoms with Crippen molar-refractivity contribution < 1.29 is 14.1 Å². The second kappa shape index (κ2) is 4.90. The Hall–Kier alpha value is -1.72. The van der Waals surface area contributed by atoms with Crippen molar-refractivity contribution in [3.05, 3.63) is 36.0 Å². The molecule has 1 saturated heterocycles. The molecule has 3 rings (SSSR count). The summed E-state index contributed by atoms with van der Waals surface area (Å²) in [5, 5.41) is 0.917. The van der Waals surface area contributed by atoms with E-state index in [1.807, 2.05) is 45.9 Å². The van der Waals surface area contributed by atoms with Gasteiger partial charge in [-0.15, -0.1) is 0 Å². The predicted molar refractivity (Wildman–Crippen MR) is 87.5 cm³/mol. The molecule has 4 nitrogen and oxygen atoms in total. The van der Waals surface area contributed by atoms with Crippen molar-refractivity contribution in [1.82, 2.24) is 4.98 Å². The third-order valence-corrected chi connectivity index (χ3v) is 4.63. The van der Waals surface area contributed by atoms with E-state index in [1.54, 1.807) is 19.2 Å². The smallest absolute Gasteiger partial charge is 0.399 e. The van der Waals surface area contributed by atoms with Crippen LogP contribution in [-0.2, 0) is 9.31 Å². The highest BCUT2D eigenvalue weighted by Crippen LogP contribution is 2.36. The van der Waals surface area contributed by atoms with Crippen LogP contribution in [0.2, 0.25) is 0 Å². The first kappa shape index (κ1) is 15.2. The van der Waals surface area contributed by atoms with E-state index in [-0.39, 0.29) is 17.0 Å². The fourth-order valence-corrected chi connectivity index (χ4v) is 2.48. The maximum absolute atomic E-state index is 11.5. The van der Waals surface area contributed by atoms with Gasteiger partial charge in [-0.05, 0) is 52.8 Å². The minimum atomic E-state index is -0.442. The van der Waals surface area contributed by atoms with Crippen molar-refractivity contribution >= 4 is 29.3 Å². The molecular formula is C17H20BNO3. The summed E-state index contributed by atoms with van der Waals surface area (Å²) >= 11 is 0. The highest BCUT2D eigenvalue weighted by Gasteiger charge is 2.51.